The van der Waals surface area contributed by atoms with E-state index in [1.807, 2.05) is 73.0 Å². The van der Waals surface area contributed by atoms with E-state index in [2.05, 4.69) is 22.4 Å². The van der Waals surface area contributed by atoms with Gasteiger partial charge < -0.3 is 9.88 Å². The van der Waals surface area contributed by atoms with E-state index in [0.29, 0.717) is 0 Å². The van der Waals surface area contributed by atoms with Crippen molar-refractivity contribution in [1.29, 1.82) is 0 Å². The summed E-state index contributed by atoms with van der Waals surface area (Å²) in [5, 5.41) is 12.1. The molecular formula is C20H22N4OS. The van der Waals surface area contributed by atoms with E-state index in [1.165, 1.54) is 11.8 Å². The highest BCUT2D eigenvalue weighted by molar-refractivity contribution is 8.00. The van der Waals surface area contributed by atoms with Crippen LogP contribution < -0.4 is 5.32 Å². The Hall–Kier alpha value is -2.60. The SMILES string of the molecule is CCn1c(S[C@H](C)C(=O)Nc2cccc(C)c2)nnc1-c1ccccc1. The molecule has 3 aromatic rings. The van der Waals surface area contributed by atoms with Gasteiger partial charge in [-0.25, -0.2) is 0 Å². The maximum Gasteiger partial charge on any atom is 0.237 e. The molecule has 3 rings (SSSR count). The fraction of sp³-hybridized carbons (Fsp3) is 0.250. The van der Waals surface area contributed by atoms with Crippen LogP contribution in [0.2, 0.25) is 0 Å². The van der Waals surface area contributed by atoms with Gasteiger partial charge in [-0.3, -0.25) is 4.79 Å². The van der Waals surface area contributed by atoms with Crippen molar-refractivity contribution in [3.63, 3.8) is 0 Å². The first kappa shape index (κ1) is 18.2. The molecule has 134 valence electrons. The molecule has 1 heterocycles. The highest BCUT2D eigenvalue weighted by Crippen LogP contribution is 2.27. The minimum Gasteiger partial charge on any atom is -0.325 e. The van der Waals surface area contributed by atoms with Gasteiger partial charge in [0.05, 0.1) is 5.25 Å². The van der Waals surface area contributed by atoms with Crippen LogP contribution in [0.25, 0.3) is 11.4 Å². The minimum absolute atomic E-state index is 0.0486. The second-order valence-electron chi connectivity index (χ2n) is 6.04. The molecular weight excluding hydrogens is 344 g/mol. The van der Waals surface area contributed by atoms with Crippen LogP contribution in [-0.4, -0.2) is 25.9 Å². The van der Waals surface area contributed by atoms with Gasteiger partial charge in [-0.2, -0.15) is 0 Å². The van der Waals surface area contributed by atoms with Crippen LogP contribution in [-0.2, 0) is 11.3 Å². The molecule has 1 amide bonds. The van der Waals surface area contributed by atoms with Gasteiger partial charge in [-0.15, -0.1) is 10.2 Å². The lowest BCUT2D eigenvalue weighted by Gasteiger charge is -2.13. The highest BCUT2D eigenvalue weighted by atomic mass is 32.2. The lowest BCUT2D eigenvalue weighted by Crippen LogP contribution is -2.23. The monoisotopic (exact) mass is 366 g/mol. The Bertz CT molecular complexity index is 892. The second-order valence-corrected chi connectivity index (χ2v) is 7.34. The van der Waals surface area contributed by atoms with Crippen LogP contribution >= 0.6 is 11.8 Å². The number of aryl methyl sites for hydroxylation is 1. The Morgan fingerprint density at radius 1 is 1.15 bits per heavy atom. The lowest BCUT2D eigenvalue weighted by molar-refractivity contribution is -0.115. The van der Waals surface area contributed by atoms with E-state index in [4.69, 9.17) is 0 Å². The average molecular weight is 366 g/mol. The maximum absolute atomic E-state index is 12.5. The summed E-state index contributed by atoms with van der Waals surface area (Å²) in [6, 6.07) is 17.7. The van der Waals surface area contributed by atoms with Gasteiger partial charge in [0.25, 0.3) is 0 Å². The molecule has 1 N–H and O–H groups in total. The fourth-order valence-electron chi connectivity index (χ4n) is 2.64. The quantitative estimate of drug-likeness (QED) is 0.657. The normalized spacial score (nSPS) is 12.0. The van der Waals surface area contributed by atoms with E-state index in [0.717, 1.165) is 34.3 Å². The van der Waals surface area contributed by atoms with Crippen molar-refractivity contribution in [3.05, 3.63) is 60.2 Å². The fourth-order valence-corrected chi connectivity index (χ4v) is 3.55. The van der Waals surface area contributed by atoms with E-state index >= 15 is 0 Å². The summed E-state index contributed by atoms with van der Waals surface area (Å²) in [6.45, 7) is 6.68. The topological polar surface area (TPSA) is 59.8 Å². The number of carbonyl (C=O) groups excluding carboxylic acids is 1. The van der Waals surface area contributed by atoms with Gasteiger partial charge in [-0.05, 0) is 38.5 Å². The molecule has 1 atom stereocenters. The number of thioether (sulfide) groups is 1. The standard InChI is InChI=1S/C20H22N4OS/c1-4-24-18(16-10-6-5-7-11-16)22-23-20(24)26-15(3)19(25)21-17-12-8-9-14(2)13-17/h5-13,15H,4H2,1-3H3,(H,21,25)/t15-/m1/s1. The lowest BCUT2D eigenvalue weighted by atomic mass is 10.2. The van der Waals surface area contributed by atoms with Crippen molar-refractivity contribution < 1.29 is 4.79 Å². The van der Waals surface area contributed by atoms with Crippen LogP contribution in [0.3, 0.4) is 0 Å². The van der Waals surface area contributed by atoms with Crippen LogP contribution in [0.1, 0.15) is 19.4 Å². The number of hydrogen-bond acceptors (Lipinski definition) is 4. The van der Waals surface area contributed by atoms with Crippen molar-refractivity contribution >= 4 is 23.4 Å². The van der Waals surface area contributed by atoms with E-state index < -0.39 is 0 Å². The van der Waals surface area contributed by atoms with Gasteiger partial charge in [0.2, 0.25) is 5.91 Å². The molecule has 0 aliphatic heterocycles. The van der Waals surface area contributed by atoms with Crippen molar-refractivity contribution in [2.24, 2.45) is 0 Å². The number of amides is 1. The molecule has 0 bridgehead atoms. The first-order chi connectivity index (χ1) is 12.6. The first-order valence-electron chi connectivity index (χ1n) is 8.61. The van der Waals surface area contributed by atoms with Crippen molar-refractivity contribution in [2.75, 3.05) is 5.32 Å². The van der Waals surface area contributed by atoms with Crippen molar-refractivity contribution in [2.45, 2.75) is 37.7 Å². The van der Waals surface area contributed by atoms with Gasteiger partial charge >= 0.3 is 0 Å². The number of carbonyl (C=O) groups is 1. The third-order valence-electron chi connectivity index (χ3n) is 4.00. The molecule has 0 unspecified atom stereocenters. The van der Waals surface area contributed by atoms with Crippen LogP contribution in [0, 0.1) is 6.92 Å². The molecule has 0 saturated heterocycles. The number of nitrogens with one attached hydrogen (secondary N) is 1. The number of hydrogen-bond donors (Lipinski definition) is 1. The zero-order chi connectivity index (χ0) is 18.5. The Morgan fingerprint density at radius 2 is 1.92 bits per heavy atom. The molecule has 0 fully saturated rings. The summed E-state index contributed by atoms with van der Waals surface area (Å²) in [4.78, 5) is 12.5. The van der Waals surface area contributed by atoms with Crippen LogP contribution in [0.15, 0.2) is 59.8 Å². The number of aromatic nitrogens is 3. The Labute approximate surface area is 157 Å². The van der Waals surface area contributed by atoms with Crippen molar-refractivity contribution in [1.82, 2.24) is 14.8 Å². The molecule has 1 aromatic heterocycles. The molecule has 0 saturated carbocycles. The zero-order valence-corrected chi connectivity index (χ0v) is 16.0. The van der Waals surface area contributed by atoms with Crippen LogP contribution in [0.5, 0.6) is 0 Å². The minimum atomic E-state index is -0.284. The summed E-state index contributed by atoms with van der Waals surface area (Å²) in [5.41, 5.74) is 2.94. The summed E-state index contributed by atoms with van der Waals surface area (Å²) in [6.07, 6.45) is 0. The predicted molar refractivity (Wildman–Crippen MR) is 106 cm³/mol. The van der Waals surface area contributed by atoms with E-state index in [1.54, 1.807) is 0 Å². The van der Waals surface area contributed by atoms with Gasteiger partial charge in [-0.1, -0.05) is 54.2 Å². The van der Waals surface area contributed by atoms with Crippen molar-refractivity contribution in [3.8, 4) is 11.4 Å². The molecule has 0 radical (unpaired) electrons. The van der Waals surface area contributed by atoms with Gasteiger partial charge in [0.15, 0.2) is 11.0 Å². The molecule has 0 aliphatic rings. The van der Waals surface area contributed by atoms with Gasteiger partial charge in [0.1, 0.15) is 0 Å². The number of nitrogens with zero attached hydrogens (tertiary/aromatic N) is 3. The van der Waals surface area contributed by atoms with E-state index in [9.17, 15) is 4.79 Å². The summed E-state index contributed by atoms with van der Waals surface area (Å²) in [5.74, 6) is 0.773. The number of benzene rings is 2. The van der Waals surface area contributed by atoms with E-state index in [-0.39, 0.29) is 11.2 Å². The molecule has 2 aromatic carbocycles. The third-order valence-corrected chi connectivity index (χ3v) is 5.08. The highest BCUT2D eigenvalue weighted by Gasteiger charge is 2.20. The second kappa shape index (κ2) is 8.19. The Kier molecular flexibility index (Phi) is 5.73. The first-order valence-corrected chi connectivity index (χ1v) is 9.49. The predicted octanol–water partition coefficient (Wildman–Crippen LogP) is 4.39. The molecule has 26 heavy (non-hydrogen) atoms. The smallest absolute Gasteiger partial charge is 0.237 e. The summed E-state index contributed by atoms with van der Waals surface area (Å²) >= 11 is 1.42. The molecule has 5 nitrogen and oxygen atoms in total. The largest absolute Gasteiger partial charge is 0.325 e. The Morgan fingerprint density at radius 3 is 2.62 bits per heavy atom. The third kappa shape index (κ3) is 4.14. The molecule has 0 spiro atoms. The average Bonchev–Trinajstić information content (AvgIpc) is 3.05. The maximum atomic E-state index is 12.5. The zero-order valence-electron chi connectivity index (χ0n) is 15.1. The Balaban J connectivity index is 1.74. The summed E-state index contributed by atoms with van der Waals surface area (Å²) < 4.78 is 2.04. The number of rotatable bonds is 6. The van der Waals surface area contributed by atoms with Crippen LogP contribution in [0.4, 0.5) is 5.69 Å². The van der Waals surface area contributed by atoms with Gasteiger partial charge in [0, 0.05) is 17.8 Å². The number of anilines is 1. The molecule has 6 heteroatoms. The summed E-state index contributed by atoms with van der Waals surface area (Å²) in [7, 11) is 0. The molecule has 0 aliphatic carbocycles.